The van der Waals surface area contributed by atoms with Crippen molar-refractivity contribution in [3.8, 4) is 5.75 Å². The standard InChI is InChI=1S/C13H19NO3/c1-3-17-12-7-4-6-11(10-12)14-9-5-8-13(15)16-2/h4,6-7,10,14H,3,5,8-9H2,1-2H3. The van der Waals surface area contributed by atoms with Crippen molar-refractivity contribution in [3.05, 3.63) is 24.3 Å². The molecule has 0 aromatic heterocycles. The van der Waals surface area contributed by atoms with E-state index in [2.05, 4.69) is 10.1 Å². The zero-order valence-electron chi connectivity index (χ0n) is 10.4. The van der Waals surface area contributed by atoms with E-state index in [0.29, 0.717) is 13.0 Å². The van der Waals surface area contributed by atoms with Gasteiger partial charge in [-0.1, -0.05) is 6.07 Å². The molecule has 1 N–H and O–H groups in total. The normalized spacial score (nSPS) is 9.76. The summed E-state index contributed by atoms with van der Waals surface area (Å²) in [5, 5.41) is 3.24. The van der Waals surface area contributed by atoms with Gasteiger partial charge >= 0.3 is 5.97 Å². The molecule has 0 heterocycles. The maximum absolute atomic E-state index is 10.9. The van der Waals surface area contributed by atoms with Gasteiger partial charge in [0.2, 0.25) is 0 Å². The fraction of sp³-hybridized carbons (Fsp3) is 0.462. The van der Waals surface area contributed by atoms with E-state index in [4.69, 9.17) is 4.74 Å². The van der Waals surface area contributed by atoms with E-state index in [-0.39, 0.29) is 5.97 Å². The lowest BCUT2D eigenvalue weighted by molar-refractivity contribution is -0.140. The van der Waals surface area contributed by atoms with Crippen LogP contribution in [0.25, 0.3) is 0 Å². The van der Waals surface area contributed by atoms with Gasteiger partial charge in [0.05, 0.1) is 13.7 Å². The second kappa shape index (κ2) is 7.54. The van der Waals surface area contributed by atoms with Gasteiger partial charge in [-0.25, -0.2) is 0 Å². The lowest BCUT2D eigenvalue weighted by Gasteiger charge is -2.08. The van der Waals surface area contributed by atoms with E-state index in [9.17, 15) is 4.79 Å². The fourth-order valence-electron chi connectivity index (χ4n) is 1.43. The zero-order chi connectivity index (χ0) is 12.5. The SMILES string of the molecule is CCOc1cccc(NCCCC(=O)OC)c1. The molecule has 0 aliphatic rings. The molecule has 4 heteroatoms. The van der Waals surface area contributed by atoms with Gasteiger partial charge in [0.25, 0.3) is 0 Å². The Morgan fingerprint density at radius 1 is 1.41 bits per heavy atom. The molecule has 1 aromatic carbocycles. The molecule has 94 valence electrons. The number of nitrogens with one attached hydrogen (secondary N) is 1. The molecule has 0 radical (unpaired) electrons. The van der Waals surface area contributed by atoms with Crippen LogP contribution < -0.4 is 10.1 Å². The van der Waals surface area contributed by atoms with Crippen LogP contribution in [0.4, 0.5) is 5.69 Å². The van der Waals surface area contributed by atoms with Gasteiger partial charge in [0.15, 0.2) is 0 Å². The summed E-state index contributed by atoms with van der Waals surface area (Å²) in [5.74, 6) is 0.681. The summed E-state index contributed by atoms with van der Waals surface area (Å²) in [4.78, 5) is 10.9. The molecule has 0 amide bonds. The number of carbonyl (C=O) groups excluding carboxylic acids is 1. The average molecular weight is 237 g/mol. The molecule has 0 saturated heterocycles. The first kappa shape index (κ1) is 13.4. The molecule has 0 unspecified atom stereocenters. The number of ether oxygens (including phenoxy) is 2. The number of rotatable bonds is 7. The first-order chi connectivity index (χ1) is 8.26. The quantitative estimate of drug-likeness (QED) is 0.584. The van der Waals surface area contributed by atoms with Crippen molar-refractivity contribution in [3.63, 3.8) is 0 Å². The third kappa shape index (κ3) is 5.24. The van der Waals surface area contributed by atoms with Crippen LogP contribution in [0.5, 0.6) is 5.75 Å². The number of methoxy groups -OCH3 is 1. The first-order valence-electron chi connectivity index (χ1n) is 5.79. The highest BCUT2D eigenvalue weighted by atomic mass is 16.5. The van der Waals surface area contributed by atoms with Crippen LogP contribution in [0.3, 0.4) is 0 Å². The third-order valence-corrected chi connectivity index (χ3v) is 2.26. The fourth-order valence-corrected chi connectivity index (χ4v) is 1.43. The summed E-state index contributed by atoms with van der Waals surface area (Å²) in [6.07, 6.45) is 1.19. The Balaban J connectivity index is 2.31. The van der Waals surface area contributed by atoms with Crippen molar-refractivity contribution >= 4 is 11.7 Å². The predicted molar refractivity (Wildman–Crippen MR) is 67.4 cm³/mol. The Labute approximate surface area is 102 Å². The van der Waals surface area contributed by atoms with Gasteiger partial charge in [0.1, 0.15) is 5.75 Å². The molecule has 17 heavy (non-hydrogen) atoms. The molecule has 0 aliphatic carbocycles. The van der Waals surface area contributed by atoms with Crippen LogP contribution in [-0.2, 0) is 9.53 Å². The van der Waals surface area contributed by atoms with Gasteiger partial charge in [0, 0.05) is 24.7 Å². The summed E-state index contributed by atoms with van der Waals surface area (Å²) in [5.41, 5.74) is 1.00. The number of esters is 1. The highest BCUT2D eigenvalue weighted by Gasteiger charge is 1.99. The van der Waals surface area contributed by atoms with Crippen LogP contribution in [0.2, 0.25) is 0 Å². The molecular weight excluding hydrogens is 218 g/mol. The zero-order valence-corrected chi connectivity index (χ0v) is 10.4. The summed E-state index contributed by atoms with van der Waals surface area (Å²) in [7, 11) is 1.40. The average Bonchev–Trinajstić information content (AvgIpc) is 2.35. The molecule has 4 nitrogen and oxygen atoms in total. The number of carbonyl (C=O) groups is 1. The van der Waals surface area contributed by atoms with Gasteiger partial charge < -0.3 is 14.8 Å². The molecule has 0 aliphatic heterocycles. The van der Waals surface area contributed by atoms with E-state index >= 15 is 0 Å². The van der Waals surface area contributed by atoms with Crippen LogP contribution >= 0.6 is 0 Å². The third-order valence-electron chi connectivity index (χ3n) is 2.26. The highest BCUT2D eigenvalue weighted by molar-refractivity contribution is 5.69. The largest absolute Gasteiger partial charge is 0.494 e. The van der Waals surface area contributed by atoms with Crippen LogP contribution in [0.1, 0.15) is 19.8 Å². The summed E-state index contributed by atoms with van der Waals surface area (Å²) < 4.78 is 9.96. The Bertz CT molecular complexity index is 352. The number of benzene rings is 1. The molecule has 0 spiro atoms. The lowest BCUT2D eigenvalue weighted by Crippen LogP contribution is -2.06. The Hall–Kier alpha value is -1.71. The number of hydrogen-bond donors (Lipinski definition) is 1. The van der Waals surface area contributed by atoms with E-state index in [1.807, 2.05) is 31.2 Å². The minimum Gasteiger partial charge on any atom is -0.494 e. The minimum atomic E-state index is -0.171. The molecule has 1 rings (SSSR count). The van der Waals surface area contributed by atoms with Gasteiger partial charge in [-0.15, -0.1) is 0 Å². The Kier molecular flexibility index (Phi) is 5.93. The topological polar surface area (TPSA) is 47.6 Å². The smallest absolute Gasteiger partial charge is 0.305 e. The van der Waals surface area contributed by atoms with E-state index in [1.165, 1.54) is 7.11 Å². The van der Waals surface area contributed by atoms with Gasteiger partial charge in [-0.2, -0.15) is 0 Å². The summed E-state index contributed by atoms with van der Waals surface area (Å²) in [6.45, 7) is 3.35. The van der Waals surface area contributed by atoms with Crippen molar-refractivity contribution < 1.29 is 14.3 Å². The van der Waals surface area contributed by atoms with E-state index < -0.39 is 0 Å². The van der Waals surface area contributed by atoms with Crippen LogP contribution in [0, 0.1) is 0 Å². The van der Waals surface area contributed by atoms with Crippen molar-refractivity contribution in [2.75, 3.05) is 25.6 Å². The minimum absolute atomic E-state index is 0.171. The first-order valence-corrected chi connectivity index (χ1v) is 5.79. The number of hydrogen-bond acceptors (Lipinski definition) is 4. The second-order valence-electron chi connectivity index (χ2n) is 3.57. The monoisotopic (exact) mass is 237 g/mol. The molecule has 0 fully saturated rings. The molecule has 1 aromatic rings. The Morgan fingerprint density at radius 3 is 2.94 bits per heavy atom. The molecular formula is C13H19NO3. The van der Waals surface area contributed by atoms with Crippen molar-refractivity contribution in [1.29, 1.82) is 0 Å². The van der Waals surface area contributed by atoms with Crippen molar-refractivity contribution in [2.24, 2.45) is 0 Å². The second-order valence-corrected chi connectivity index (χ2v) is 3.57. The number of anilines is 1. The van der Waals surface area contributed by atoms with Gasteiger partial charge in [-0.3, -0.25) is 4.79 Å². The van der Waals surface area contributed by atoms with Crippen molar-refractivity contribution in [1.82, 2.24) is 0 Å². The molecule has 0 saturated carbocycles. The summed E-state index contributed by atoms with van der Waals surface area (Å²) in [6, 6.07) is 7.78. The Morgan fingerprint density at radius 2 is 2.24 bits per heavy atom. The van der Waals surface area contributed by atoms with E-state index in [0.717, 1.165) is 24.4 Å². The summed E-state index contributed by atoms with van der Waals surface area (Å²) >= 11 is 0. The molecule has 0 atom stereocenters. The van der Waals surface area contributed by atoms with Crippen LogP contribution in [-0.4, -0.2) is 26.2 Å². The van der Waals surface area contributed by atoms with Gasteiger partial charge in [-0.05, 0) is 25.5 Å². The molecule has 0 bridgehead atoms. The highest BCUT2D eigenvalue weighted by Crippen LogP contribution is 2.17. The predicted octanol–water partition coefficient (Wildman–Crippen LogP) is 2.45. The van der Waals surface area contributed by atoms with Crippen LogP contribution in [0.15, 0.2) is 24.3 Å². The lowest BCUT2D eigenvalue weighted by atomic mass is 10.2. The maximum atomic E-state index is 10.9. The maximum Gasteiger partial charge on any atom is 0.305 e. The van der Waals surface area contributed by atoms with E-state index in [1.54, 1.807) is 0 Å². The van der Waals surface area contributed by atoms with Crippen molar-refractivity contribution in [2.45, 2.75) is 19.8 Å².